The summed E-state index contributed by atoms with van der Waals surface area (Å²) in [5, 5.41) is 5.14. The third kappa shape index (κ3) is 8.80. The molecular formula is C20H25Cl2N. The molecule has 0 bridgehead atoms. The summed E-state index contributed by atoms with van der Waals surface area (Å²) in [6, 6.07) is 18.4. The van der Waals surface area contributed by atoms with Crippen LogP contribution in [-0.4, -0.2) is 6.04 Å². The lowest BCUT2D eigenvalue weighted by Crippen LogP contribution is -2.28. The Morgan fingerprint density at radius 3 is 1.96 bits per heavy atom. The lowest BCUT2D eigenvalue weighted by molar-refractivity contribution is 0.455. The molecule has 0 radical (unpaired) electrons. The first-order valence-corrected chi connectivity index (χ1v) is 8.61. The van der Waals surface area contributed by atoms with Gasteiger partial charge in [-0.25, -0.2) is 0 Å². The van der Waals surface area contributed by atoms with Gasteiger partial charge in [-0.15, -0.1) is 6.58 Å². The normalized spacial score (nSPS) is 11.5. The van der Waals surface area contributed by atoms with Gasteiger partial charge in [-0.3, -0.25) is 0 Å². The number of hydrogen-bond donors (Lipinski definition) is 1. The van der Waals surface area contributed by atoms with Crippen molar-refractivity contribution < 1.29 is 0 Å². The lowest BCUT2D eigenvalue weighted by Gasteiger charge is -2.21. The maximum absolute atomic E-state index is 5.89. The van der Waals surface area contributed by atoms with Gasteiger partial charge in [0.2, 0.25) is 0 Å². The van der Waals surface area contributed by atoms with E-state index in [1.165, 1.54) is 5.56 Å². The Labute approximate surface area is 150 Å². The lowest BCUT2D eigenvalue weighted by atomic mass is 10.0. The van der Waals surface area contributed by atoms with Crippen LogP contribution < -0.4 is 5.32 Å². The van der Waals surface area contributed by atoms with Crippen molar-refractivity contribution in [3.05, 3.63) is 82.9 Å². The average molecular weight is 350 g/mol. The van der Waals surface area contributed by atoms with E-state index in [2.05, 4.69) is 37.9 Å². The van der Waals surface area contributed by atoms with E-state index in [0.717, 1.165) is 22.9 Å². The standard InChI is InChI=1S/C14H20ClN.C6H5Cl/c1-4-5-6-14(16-11(2)3)12-7-9-13(15)10-8-12;7-6-4-2-1-3-5-6/h4,7-11,14,16H,1,5-6H2,2-3H3;1-5H. The van der Waals surface area contributed by atoms with E-state index in [1.807, 2.05) is 48.5 Å². The van der Waals surface area contributed by atoms with Gasteiger partial charge < -0.3 is 5.32 Å². The Hall–Kier alpha value is -1.28. The second-order valence-corrected chi connectivity index (χ2v) is 6.46. The van der Waals surface area contributed by atoms with Crippen molar-refractivity contribution in [1.82, 2.24) is 5.32 Å². The van der Waals surface area contributed by atoms with Crippen molar-refractivity contribution in [1.29, 1.82) is 0 Å². The SMILES string of the molecule is C=CCCC(NC(C)C)c1ccc(Cl)cc1.Clc1ccccc1. The van der Waals surface area contributed by atoms with Crippen molar-refractivity contribution in [2.75, 3.05) is 0 Å². The number of rotatable bonds is 6. The quantitative estimate of drug-likeness (QED) is 0.573. The average Bonchev–Trinajstić information content (AvgIpc) is 2.53. The minimum absolute atomic E-state index is 0.385. The smallest absolute Gasteiger partial charge is 0.0406 e. The number of allylic oxidation sites excluding steroid dienone is 1. The fourth-order valence-corrected chi connectivity index (χ4v) is 2.41. The summed E-state index contributed by atoms with van der Waals surface area (Å²) in [5.41, 5.74) is 1.29. The molecule has 0 saturated carbocycles. The minimum Gasteiger partial charge on any atom is -0.308 e. The molecule has 1 N–H and O–H groups in total. The molecule has 0 spiro atoms. The van der Waals surface area contributed by atoms with Crippen LogP contribution in [0.1, 0.15) is 38.3 Å². The van der Waals surface area contributed by atoms with E-state index in [0.29, 0.717) is 12.1 Å². The summed E-state index contributed by atoms with van der Waals surface area (Å²) in [6.45, 7) is 8.10. The highest BCUT2D eigenvalue weighted by Gasteiger charge is 2.11. The van der Waals surface area contributed by atoms with Crippen molar-refractivity contribution in [2.45, 2.75) is 38.8 Å². The highest BCUT2D eigenvalue weighted by atomic mass is 35.5. The van der Waals surface area contributed by atoms with Gasteiger partial charge in [-0.1, -0.05) is 73.5 Å². The molecule has 0 amide bonds. The van der Waals surface area contributed by atoms with Crippen molar-refractivity contribution in [3.8, 4) is 0 Å². The molecule has 23 heavy (non-hydrogen) atoms. The van der Waals surface area contributed by atoms with Crippen LogP contribution in [0.2, 0.25) is 10.0 Å². The largest absolute Gasteiger partial charge is 0.308 e. The third-order valence-corrected chi connectivity index (χ3v) is 3.70. The van der Waals surface area contributed by atoms with E-state index < -0.39 is 0 Å². The van der Waals surface area contributed by atoms with Crippen LogP contribution in [-0.2, 0) is 0 Å². The predicted octanol–water partition coefficient (Wildman–Crippen LogP) is 6.69. The van der Waals surface area contributed by atoms with E-state index >= 15 is 0 Å². The first-order chi connectivity index (χ1) is 11.0. The zero-order valence-electron chi connectivity index (χ0n) is 13.8. The summed E-state index contributed by atoms with van der Waals surface area (Å²) >= 11 is 11.4. The Balaban J connectivity index is 0.000000313. The molecule has 124 valence electrons. The molecule has 1 atom stereocenters. The van der Waals surface area contributed by atoms with E-state index in [4.69, 9.17) is 23.2 Å². The molecule has 0 saturated heterocycles. The van der Waals surface area contributed by atoms with Gasteiger partial charge in [0.1, 0.15) is 0 Å². The Morgan fingerprint density at radius 2 is 1.52 bits per heavy atom. The van der Waals surface area contributed by atoms with Crippen LogP contribution >= 0.6 is 23.2 Å². The summed E-state index contributed by atoms with van der Waals surface area (Å²) in [7, 11) is 0. The highest BCUT2D eigenvalue weighted by Crippen LogP contribution is 2.21. The molecule has 2 aromatic rings. The summed E-state index contributed by atoms with van der Waals surface area (Å²) < 4.78 is 0. The zero-order chi connectivity index (χ0) is 17.1. The first kappa shape index (κ1) is 19.8. The summed E-state index contributed by atoms with van der Waals surface area (Å²) in [5.74, 6) is 0. The van der Waals surface area contributed by atoms with Crippen LogP contribution in [0.3, 0.4) is 0 Å². The zero-order valence-corrected chi connectivity index (χ0v) is 15.3. The Kier molecular flexibility index (Phi) is 9.70. The van der Waals surface area contributed by atoms with Crippen molar-refractivity contribution in [2.24, 2.45) is 0 Å². The topological polar surface area (TPSA) is 12.0 Å². The summed E-state index contributed by atoms with van der Waals surface area (Å²) in [4.78, 5) is 0. The van der Waals surface area contributed by atoms with Gasteiger partial charge in [-0.05, 0) is 42.7 Å². The van der Waals surface area contributed by atoms with Gasteiger partial charge in [0.25, 0.3) is 0 Å². The Bertz CT molecular complexity index is 550. The number of nitrogens with one attached hydrogen (secondary N) is 1. The maximum atomic E-state index is 5.89. The molecule has 0 aliphatic heterocycles. The second kappa shape index (κ2) is 11.3. The molecule has 1 unspecified atom stereocenters. The molecule has 0 fully saturated rings. The molecule has 0 aromatic heterocycles. The van der Waals surface area contributed by atoms with Gasteiger partial charge in [0.05, 0.1) is 0 Å². The molecular weight excluding hydrogens is 325 g/mol. The molecule has 0 heterocycles. The van der Waals surface area contributed by atoms with Crippen molar-refractivity contribution >= 4 is 23.2 Å². The Morgan fingerprint density at radius 1 is 0.957 bits per heavy atom. The number of halogens is 2. The van der Waals surface area contributed by atoms with Gasteiger partial charge in [0, 0.05) is 22.1 Å². The molecule has 2 aromatic carbocycles. The van der Waals surface area contributed by atoms with Gasteiger partial charge >= 0.3 is 0 Å². The highest BCUT2D eigenvalue weighted by molar-refractivity contribution is 6.30. The van der Waals surface area contributed by atoms with E-state index in [9.17, 15) is 0 Å². The monoisotopic (exact) mass is 349 g/mol. The van der Waals surface area contributed by atoms with Crippen LogP contribution in [0, 0.1) is 0 Å². The minimum atomic E-state index is 0.385. The first-order valence-electron chi connectivity index (χ1n) is 7.86. The molecule has 1 nitrogen and oxygen atoms in total. The van der Waals surface area contributed by atoms with Crippen LogP contribution in [0.15, 0.2) is 67.3 Å². The van der Waals surface area contributed by atoms with Crippen LogP contribution in [0.25, 0.3) is 0 Å². The molecule has 0 aliphatic rings. The number of hydrogen-bond acceptors (Lipinski definition) is 1. The fraction of sp³-hybridized carbons (Fsp3) is 0.300. The summed E-state index contributed by atoms with van der Waals surface area (Å²) in [6.07, 6.45) is 4.06. The van der Waals surface area contributed by atoms with E-state index in [-0.39, 0.29) is 0 Å². The maximum Gasteiger partial charge on any atom is 0.0406 e. The molecule has 0 aliphatic carbocycles. The third-order valence-electron chi connectivity index (χ3n) is 3.20. The van der Waals surface area contributed by atoms with Gasteiger partial charge in [0.15, 0.2) is 0 Å². The van der Waals surface area contributed by atoms with Crippen LogP contribution in [0.4, 0.5) is 0 Å². The second-order valence-electron chi connectivity index (χ2n) is 5.59. The fourth-order valence-electron chi connectivity index (χ4n) is 2.14. The van der Waals surface area contributed by atoms with Crippen molar-refractivity contribution in [3.63, 3.8) is 0 Å². The molecule has 3 heteroatoms. The molecule has 2 rings (SSSR count). The number of benzene rings is 2. The van der Waals surface area contributed by atoms with Crippen LogP contribution in [0.5, 0.6) is 0 Å². The predicted molar refractivity (Wildman–Crippen MR) is 103 cm³/mol. The van der Waals surface area contributed by atoms with E-state index in [1.54, 1.807) is 0 Å². The van der Waals surface area contributed by atoms with Gasteiger partial charge in [-0.2, -0.15) is 0 Å².